The molecule has 0 aliphatic heterocycles. The molecule has 0 amide bonds. The standard InChI is InChI=1S/C15H18FN/c1-3-11(2)17-10-12-8-9-15(16)14-7-5-4-6-13(12)14/h4-9,11,17H,3,10H2,1-2H3. The molecule has 0 spiro atoms. The van der Waals surface area contributed by atoms with Crippen LogP contribution in [0.4, 0.5) is 4.39 Å². The zero-order valence-electron chi connectivity index (χ0n) is 10.3. The first-order chi connectivity index (χ1) is 8.22. The minimum absolute atomic E-state index is 0.145. The van der Waals surface area contributed by atoms with E-state index in [1.807, 2.05) is 30.3 Å². The number of fused-ring (bicyclic) bond motifs is 1. The quantitative estimate of drug-likeness (QED) is 0.842. The van der Waals surface area contributed by atoms with Crippen molar-refractivity contribution in [1.82, 2.24) is 5.32 Å². The van der Waals surface area contributed by atoms with Crippen molar-refractivity contribution in [2.24, 2.45) is 0 Å². The van der Waals surface area contributed by atoms with Gasteiger partial charge in [0, 0.05) is 18.0 Å². The van der Waals surface area contributed by atoms with Gasteiger partial charge in [0.1, 0.15) is 5.82 Å². The van der Waals surface area contributed by atoms with Gasteiger partial charge in [0.25, 0.3) is 0 Å². The van der Waals surface area contributed by atoms with Crippen LogP contribution in [0, 0.1) is 5.82 Å². The SMILES string of the molecule is CCC(C)NCc1ccc(F)c2ccccc12. The van der Waals surface area contributed by atoms with Gasteiger partial charge in [-0.1, -0.05) is 37.3 Å². The molecule has 2 aromatic rings. The maximum absolute atomic E-state index is 13.6. The van der Waals surface area contributed by atoms with Gasteiger partial charge < -0.3 is 5.32 Å². The zero-order chi connectivity index (χ0) is 12.3. The first kappa shape index (κ1) is 12.1. The lowest BCUT2D eigenvalue weighted by atomic mass is 10.0. The summed E-state index contributed by atoms with van der Waals surface area (Å²) >= 11 is 0. The van der Waals surface area contributed by atoms with E-state index in [0.717, 1.165) is 23.9 Å². The summed E-state index contributed by atoms with van der Waals surface area (Å²) in [6.45, 7) is 5.10. The number of rotatable bonds is 4. The van der Waals surface area contributed by atoms with Gasteiger partial charge in [0.2, 0.25) is 0 Å². The Labute approximate surface area is 102 Å². The molecule has 0 aromatic heterocycles. The van der Waals surface area contributed by atoms with Crippen molar-refractivity contribution in [2.45, 2.75) is 32.9 Å². The fourth-order valence-electron chi connectivity index (χ4n) is 1.91. The van der Waals surface area contributed by atoms with Crippen molar-refractivity contribution >= 4 is 10.8 Å². The summed E-state index contributed by atoms with van der Waals surface area (Å²) in [5, 5.41) is 5.15. The predicted molar refractivity (Wildman–Crippen MR) is 70.5 cm³/mol. The van der Waals surface area contributed by atoms with Gasteiger partial charge in [-0.3, -0.25) is 0 Å². The van der Waals surface area contributed by atoms with Crippen LogP contribution in [-0.4, -0.2) is 6.04 Å². The second kappa shape index (κ2) is 5.28. The molecule has 1 N–H and O–H groups in total. The molecule has 0 aliphatic carbocycles. The maximum Gasteiger partial charge on any atom is 0.131 e. The van der Waals surface area contributed by atoms with Crippen LogP contribution >= 0.6 is 0 Å². The van der Waals surface area contributed by atoms with E-state index >= 15 is 0 Å². The summed E-state index contributed by atoms with van der Waals surface area (Å²) in [6, 6.07) is 11.5. The number of halogens is 1. The lowest BCUT2D eigenvalue weighted by Gasteiger charge is -2.13. The van der Waals surface area contributed by atoms with Gasteiger partial charge >= 0.3 is 0 Å². The fraction of sp³-hybridized carbons (Fsp3) is 0.333. The molecule has 0 bridgehead atoms. The van der Waals surface area contributed by atoms with Crippen molar-refractivity contribution < 1.29 is 4.39 Å². The molecule has 0 heterocycles. The molecule has 0 radical (unpaired) electrons. The third-order valence-electron chi connectivity index (χ3n) is 3.21. The van der Waals surface area contributed by atoms with Crippen molar-refractivity contribution in [3.63, 3.8) is 0 Å². The summed E-state index contributed by atoms with van der Waals surface area (Å²) in [7, 11) is 0. The maximum atomic E-state index is 13.6. The Morgan fingerprint density at radius 3 is 2.53 bits per heavy atom. The van der Waals surface area contributed by atoms with E-state index in [9.17, 15) is 4.39 Å². The molecular weight excluding hydrogens is 213 g/mol. The summed E-state index contributed by atoms with van der Waals surface area (Å²) in [5.74, 6) is -0.145. The Morgan fingerprint density at radius 2 is 1.82 bits per heavy atom. The third kappa shape index (κ3) is 2.64. The molecule has 1 nitrogen and oxygen atoms in total. The van der Waals surface area contributed by atoms with Crippen molar-refractivity contribution in [3.8, 4) is 0 Å². The van der Waals surface area contributed by atoms with Crippen LogP contribution in [0.2, 0.25) is 0 Å². The number of nitrogens with one attached hydrogen (secondary N) is 1. The van der Waals surface area contributed by atoms with Crippen LogP contribution in [0.1, 0.15) is 25.8 Å². The second-order valence-corrected chi connectivity index (χ2v) is 4.44. The number of hydrogen-bond donors (Lipinski definition) is 1. The first-order valence-electron chi connectivity index (χ1n) is 6.12. The van der Waals surface area contributed by atoms with Crippen LogP contribution in [0.25, 0.3) is 10.8 Å². The molecule has 1 unspecified atom stereocenters. The minimum Gasteiger partial charge on any atom is -0.310 e. The van der Waals surface area contributed by atoms with E-state index in [2.05, 4.69) is 19.2 Å². The Morgan fingerprint density at radius 1 is 1.12 bits per heavy atom. The molecule has 0 saturated carbocycles. The average molecular weight is 231 g/mol. The summed E-state index contributed by atoms with van der Waals surface area (Å²) in [4.78, 5) is 0. The molecule has 1 atom stereocenters. The molecule has 0 fully saturated rings. The number of benzene rings is 2. The monoisotopic (exact) mass is 231 g/mol. The van der Waals surface area contributed by atoms with Gasteiger partial charge in [-0.05, 0) is 30.4 Å². The summed E-state index contributed by atoms with van der Waals surface area (Å²) in [5.41, 5.74) is 1.15. The van der Waals surface area contributed by atoms with Gasteiger partial charge in [-0.15, -0.1) is 0 Å². The normalized spacial score (nSPS) is 12.9. The smallest absolute Gasteiger partial charge is 0.131 e. The third-order valence-corrected chi connectivity index (χ3v) is 3.21. The zero-order valence-corrected chi connectivity index (χ0v) is 10.3. The molecule has 0 aliphatic rings. The van der Waals surface area contributed by atoms with Gasteiger partial charge in [0.05, 0.1) is 0 Å². The van der Waals surface area contributed by atoms with E-state index in [-0.39, 0.29) is 5.82 Å². The minimum atomic E-state index is -0.145. The van der Waals surface area contributed by atoms with Crippen LogP contribution in [-0.2, 0) is 6.54 Å². The van der Waals surface area contributed by atoms with Crippen molar-refractivity contribution in [3.05, 3.63) is 47.8 Å². The van der Waals surface area contributed by atoms with E-state index in [0.29, 0.717) is 11.4 Å². The lowest BCUT2D eigenvalue weighted by molar-refractivity contribution is 0.535. The Balaban J connectivity index is 2.32. The van der Waals surface area contributed by atoms with Crippen molar-refractivity contribution in [2.75, 3.05) is 0 Å². The Kier molecular flexibility index (Phi) is 3.75. The van der Waals surface area contributed by atoms with E-state index in [1.165, 1.54) is 0 Å². The second-order valence-electron chi connectivity index (χ2n) is 4.44. The fourth-order valence-corrected chi connectivity index (χ4v) is 1.91. The van der Waals surface area contributed by atoms with Gasteiger partial charge in [0.15, 0.2) is 0 Å². The van der Waals surface area contributed by atoms with E-state index < -0.39 is 0 Å². The first-order valence-corrected chi connectivity index (χ1v) is 6.12. The van der Waals surface area contributed by atoms with Gasteiger partial charge in [-0.25, -0.2) is 4.39 Å². The van der Waals surface area contributed by atoms with E-state index in [4.69, 9.17) is 0 Å². The van der Waals surface area contributed by atoms with Crippen LogP contribution < -0.4 is 5.32 Å². The highest BCUT2D eigenvalue weighted by Gasteiger charge is 2.05. The van der Waals surface area contributed by atoms with Crippen LogP contribution in [0.3, 0.4) is 0 Å². The number of hydrogen-bond acceptors (Lipinski definition) is 1. The van der Waals surface area contributed by atoms with E-state index in [1.54, 1.807) is 6.07 Å². The van der Waals surface area contributed by atoms with Crippen LogP contribution in [0.5, 0.6) is 0 Å². The molecule has 90 valence electrons. The highest BCUT2D eigenvalue weighted by Crippen LogP contribution is 2.21. The average Bonchev–Trinajstić information content (AvgIpc) is 2.38. The van der Waals surface area contributed by atoms with Crippen LogP contribution in [0.15, 0.2) is 36.4 Å². The molecular formula is C15H18FN. The lowest BCUT2D eigenvalue weighted by Crippen LogP contribution is -2.24. The summed E-state index contributed by atoms with van der Waals surface area (Å²) in [6.07, 6.45) is 1.10. The summed E-state index contributed by atoms with van der Waals surface area (Å²) < 4.78 is 13.6. The highest BCUT2D eigenvalue weighted by molar-refractivity contribution is 5.86. The van der Waals surface area contributed by atoms with Gasteiger partial charge in [-0.2, -0.15) is 0 Å². The Bertz CT molecular complexity index is 507. The highest BCUT2D eigenvalue weighted by atomic mass is 19.1. The van der Waals surface area contributed by atoms with Crippen molar-refractivity contribution in [1.29, 1.82) is 0 Å². The molecule has 2 aromatic carbocycles. The molecule has 17 heavy (non-hydrogen) atoms. The topological polar surface area (TPSA) is 12.0 Å². The molecule has 0 saturated heterocycles. The Hall–Kier alpha value is -1.41. The largest absolute Gasteiger partial charge is 0.310 e. The molecule has 2 heteroatoms. The predicted octanol–water partition coefficient (Wildman–Crippen LogP) is 3.87. The molecule has 2 rings (SSSR count).